The highest BCUT2D eigenvalue weighted by molar-refractivity contribution is 5.89. The molecule has 1 aliphatic rings. The van der Waals surface area contributed by atoms with Crippen molar-refractivity contribution in [2.24, 2.45) is 11.8 Å². The third-order valence-corrected chi connectivity index (χ3v) is 4.61. The first-order valence-corrected chi connectivity index (χ1v) is 8.77. The zero-order valence-corrected chi connectivity index (χ0v) is 14.5. The van der Waals surface area contributed by atoms with Gasteiger partial charge < -0.3 is 15.7 Å². The molecule has 0 unspecified atom stereocenters. The van der Waals surface area contributed by atoms with E-state index in [1.165, 1.54) is 24.3 Å². The van der Waals surface area contributed by atoms with Gasteiger partial charge in [-0.25, -0.2) is 13.6 Å². The second-order valence-electron chi connectivity index (χ2n) is 6.50. The maximum absolute atomic E-state index is 14.1. The van der Waals surface area contributed by atoms with Crippen molar-refractivity contribution >= 4 is 17.7 Å². The molecule has 1 aliphatic carbocycles. The fraction of sp³-hybridized carbons (Fsp3) is 0.474. The van der Waals surface area contributed by atoms with Gasteiger partial charge in [-0.15, -0.1) is 0 Å². The van der Waals surface area contributed by atoms with Crippen molar-refractivity contribution in [1.29, 1.82) is 0 Å². The first kappa shape index (κ1) is 19.9. The number of nitrogens with one attached hydrogen (secondary N) is 2. The molecule has 2 amide bonds. The number of alkyl halides is 1. The van der Waals surface area contributed by atoms with E-state index in [4.69, 9.17) is 5.11 Å². The molecule has 1 fully saturated rings. The van der Waals surface area contributed by atoms with Gasteiger partial charge in [0.1, 0.15) is 12.0 Å². The summed E-state index contributed by atoms with van der Waals surface area (Å²) >= 11 is 0. The van der Waals surface area contributed by atoms with Crippen molar-refractivity contribution in [2.45, 2.75) is 38.3 Å². The average molecular weight is 366 g/mol. The van der Waals surface area contributed by atoms with Crippen LogP contribution in [-0.2, 0) is 4.79 Å². The number of carboxylic acid groups (broad SMARTS) is 1. The number of halogens is 2. The SMILES string of the molecule is O=C(O)CC/C=C\C[C@@H]1[C@@H](CNC(=O)Nc2ccc(F)cc2)CC[C@H]1F. The van der Waals surface area contributed by atoms with Gasteiger partial charge in [0, 0.05) is 18.7 Å². The maximum atomic E-state index is 14.1. The van der Waals surface area contributed by atoms with Gasteiger partial charge in [-0.1, -0.05) is 12.2 Å². The first-order valence-electron chi connectivity index (χ1n) is 8.77. The zero-order chi connectivity index (χ0) is 18.9. The number of carbonyl (C=O) groups is 2. The minimum absolute atomic E-state index is 0.0353. The number of hydrogen-bond donors (Lipinski definition) is 3. The summed E-state index contributed by atoms with van der Waals surface area (Å²) in [5, 5.41) is 13.9. The largest absolute Gasteiger partial charge is 0.481 e. The van der Waals surface area contributed by atoms with Crippen LogP contribution in [0.2, 0.25) is 0 Å². The van der Waals surface area contributed by atoms with Crippen LogP contribution in [0.15, 0.2) is 36.4 Å². The third-order valence-electron chi connectivity index (χ3n) is 4.61. The van der Waals surface area contributed by atoms with Crippen molar-refractivity contribution < 1.29 is 23.5 Å². The lowest BCUT2D eigenvalue weighted by Crippen LogP contribution is -2.35. The molecule has 0 aromatic heterocycles. The number of carboxylic acids is 1. The normalized spacial score (nSPS) is 22.5. The molecular weight excluding hydrogens is 342 g/mol. The smallest absolute Gasteiger partial charge is 0.319 e. The molecule has 7 heteroatoms. The molecule has 0 heterocycles. The first-order chi connectivity index (χ1) is 12.5. The maximum Gasteiger partial charge on any atom is 0.319 e. The number of amides is 2. The fourth-order valence-electron chi connectivity index (χ4n) is 3.20. The van der Waals surface area contributed by atoms with Crippen molar-refractivity contribution in [2.75, 3.05) is 11.9 Å². The van der Waals surface area contributed by atoms with Gasteiger partial charge in [0.25, 0.3) is 0 Å². The van der Waals surface area contributed by atoms with Crippen LogP contribution in [0.1, 0.15) is 32.1 Å². The molecule has 2 rings (SSSR count). The van der Waals surface area contributed by atoms with Crippen LogP contribution in [0.25, 0.3) is 0 Å². The predicted molar refractivity (Wildman–Crippen MR) is 95.2 cm³/mol. The van der Waals surface area contributed by atoms with E-state index in [1.54, 1.807) is 6.08 Å². The van der Waals surface area contributed by atoms with Crippen LogP contribution in [0.4, 0.5) is 19.3 Å². The summed E-state index contributed by atoms with van der Waals surface area (Å²) in [6.07, 6.45) is 4.89. The van der Waals surface area contributed by atoms with Gasteiger partial charge in [0.05, 0.1) is 0 Å². The Morgan fingerprint density at radius 2 is 1.92 bits per heavy atom. The number of benzene rings is 1. The topological polar surface area (TPSA) is 78.4 Å². The highest BCUT2D eigenvalue weighted by Crippen LogP contribution is 2.36. The summed E-state index contributed by atoms with van der Waals surface area (Å²) in [5.74, 6) is -1.38. The molecule has 3 atom stereocenters. The highest BCUT2D eigenvalue weighted by Gasteiger charge is 2.35. The number of carbonyl (C=O) groups excluding carboxylic acids is 1. The standard InChI is InChI=1S/C19H24F2N2O3/c20-14-7-9-15(10-8-14)23-19(26)22-12-13-6-11-17(21)16(13)4-2-1-3-5-18(24)25/h1-2,7-10,13,16-17H,3-6,11-12H2,(H,24,25)(H2,22,23,26)/b2-1-/t13-,16-,17-/m1/s1. The van der Waals surface area contributed by atoms with Gasteiger partial charge in [-0.2, -0.15) is 0 Å². The lowest BCUT2D eigenvalue weighted by atomic mass is 9.91. The summed E-state index contributed by atoms with van der Waals surface area (Å²) in [7, 11) is 0. The molecule has 5 nitrogen and oxygen atoms in total. The summed E-state index contributed by atoms with van der Waals surface area (Å²) < 4.78 is 26.9. The van der Waals surface area contributed by atoms with Gasteiger partial charge >= 0.3 is 12.0 Å². The van der Waals surface area contributed by atoms with Crippen LogP contribution in [-0.4, -0.2) is 29.8 Å². The lowest BCUT2D eigenvalue weighted by molar-refractivity contribution is -0.136. The van der Waals surface area contributed by atoms with Crippen LogP contribution in [0, 0.1) is 17.7 Å². The summed E-state index contributed by atoms with van der Waals surface area (Å²) in [6, 6.07) is 5.04. The Kier molecular flexibility index (Phi) is 7.56. The number of anilines is 1. The Morgan fingerprint density at radius 3 is 2.62 bits per heavy atom. The van der Waals surface area contributed by atoms with Crippen molar-refractivity contribution in [1.82, 2.24) is 5.32 Å². The Bertz CT molecular complexity index is 634. The van der Waals surface area contributed by atoms with Crippen molar-refractivity contribution in [3.63, 3.8) is 0 Å². The number of urea groups is 1. The number of rotatable bonds is 8. The Labute approximate surface area is 151 Å². The predicted octanol–water partition coefficient (Wildman–Crippen LogP) is 4.12. The van der Waals surface area contributed by atoms with Gasteiger partial charge in [0.15, 0.2) is 0 Å². The van der Waals surface area contributed by atoms with E-state index in [-0.39, 0.29) is 24.1 Å². The molecule has 1 saturated carbocycles. The quantitative estimate of drug-likeness (QED) is 0.606. The van der Waals surface area contributed by atoms with Crippen LogP contribution in [0.5, 0.6) is 0 Å². The summed E-state index contributed by atoms with van der Waals surface area (Å²) in [4.78, 5) is 22.4. The number of aliphatic carboxylic acids is 1. The van der Waals surface area contributed by atoms with Crippen molar-refractivity contribution in [3.05, 3.63) is 42.2 Å². The number of allylic oxidation sites excluding steroid dienone is 2. The van der Waals surface area contributed by atoms with E-state index in [9.17, 15) is 18.4 Å². The molecule has 0 spiro atoms. The third kappa shape index (κ3) is 6.46. The van der Waals surface area contributed by atoms with Crippen LogP contribution in [0.3, 0.4) is 0 Å². The van der Waals surface area contributed by atoms with E-state index in [0.29, 0.717) is 37.9 Å². The van der Waals surface area contributed by atoms with Gasteiger partial charge in [-0.3, -0.25) is 4.79 Å². The van der Waals surface area contributed by atoms with E-state index >= 15 is 0 Å². The fourth-order valence-corrected chi connectivity index (χ4v) is 3.20. The number of hydrogen-bond acceptors (Lipinski definition) is 2. The Balaban J connectivity index is 1.76. The molecule has 0 bridgehead atoms. The lowest BCUT2D eigenvalue weighted by Gasteiger charge is -2.20. The molecule has 3 N–H and O–H groups in total. The molecule has 1 aromatic rings. The van der Waals surface area contributed by atoms with E-state index < -0.39 is 18.2 Å². The molecule has 0 saturated heterocycles. The second kappa shape index (κ2) is 9.89. The zero-order valence-electron chi connectivity index (χ0n) is 14.5. The van der Waals surface area contributed by atoms with Gasteiger partial charge in [0.2, 0.25) is 0 Å². The van der Waals surface area contributed by atoms with Crippen LogP contribution < -0.4 is 10.6 Å². The highest BCUT2D eigenvalue weighted by atomic mass is 19.1. The molecule has 0 aliphatic heterocycles. The molecule has 142 valence electrons. The van der Waals surface area contributed by atoms with E-state index in [1.807, 2.05) is 6.08 Å². The minimum atomic E-state index is -0.911. The Morgan fingerprint density at radius 1 is 1.19 bits per heavy atom. The average Bonchev–Trinajstić information content (AvgIpc) is 2.95. The van der Waals surface area contributed by atoms with Crippen molar-refractivity contribution in [3.8, 4) is 0 Å². The molecule has 1 aromatic carbocycles. The monoisotopic (exact) mass is 366 g/mol. The summed E-state index contributed by atoms with van der Waals surface area (Å²) in [6.45, 7) is 0.362. The van der Waals surface area contributed by atoms with E-state index in [2.05, 4.69) is 10.6 Å². The molecule has 26 heavy (non-hydrogen) atoms. The second-order valence-corrected chi connectivity index (χ2v) is 6.50. The van der Waals surface area contributed by atoms with Gasteiger partial charge in [-0.05, 0) is 61.8 Å². The molecule has 0 radical (unpaired) electrons. The van der Waals surface area contributed by atoms with Crippen LogP contribution >= 0.6 is 0 Å². The molecular formula is C19H24F2N2O3. The minimum Gasteiger partial charge on any atom is -0.481 e. The summed E-state index contributed by atoms with van der Waals surface area (Å²) in [5.41, 5.74) is 0.483. The Hall–Kier alpha value is -2.44. The van der Waals surface area contributed by atoms with E-state index in [0.717, 1.165) is 0 Å².